The first-order valence-electron chi connectivity index (χ1n) is 8.47. The summed E-state index contributed by atoms with van der Waals surface area (Å²) in [6.07, 6.45) is 1.85. The molecule has 1 aromatic carbocycles. The molecule has 8 nitrogen and oxygen atoms in total. The van der Waals surface area contributed by atoms with Gasteiger partial charge in [-0.25, -0.2) is 0 Å². The van der Waals surface area contributed by atoms with E-state index in [1.165, 1.54) is 4.90 Å². The minimum absolute atomic E-state index is 0.193. The van der Waals surface area contributed by atoms with Crippen LogP contribution in [0.4, 0.5) is 0 Å². The van der Waals surface area contributed by atoms with E-state index in [9.17, 15) is 9.59 Å². The second-order valence-electron chi connectivity index (χ2n) is 5.87. The van der Waals surface area contributed by atoms with Crippen molar-refractivity contribution in [3.8, 4) is 6.07 Å². The van der Waals surface area contributed by atoms with Crippen molar-refractivity contribution < 1.29 is 19.2 Å². The molecule has 1 atom stereocenters. The SMILES string of the molecule is C=CCO/N=C1\C[C@@H](C(=O)NCCOC)N(C(=O)c2ccc(C#N)cc2)C1. The number of rotatable bonds is 8. The van der Waals surface area contributed by atoms with Crippen LogP contribution < -0.4 is 5.32 Å². The van der Waals surface area contributed by atoms with Crippen molar-refractivity contribution in [2.45, 2.75) is 12.5 Å². The molecule has 0 saturated carbocycles. The Labute approximate surface area is 158 Å². The van der Waals surface area contributed by atoms with Gasteiger partial charge < -0.3 is 19.8 Å². The van der Waals surface area contributed by atoms with E-state index in [-0.39, 0.29) is 31.4 Å². The van der Waals surface area contributed by atoms with E-state index in [0.717, 1.165) is 0 Å². The van der Waals surface area contributed by atoms with E-state index >= 15 is 0 Å². The zero-order valence-corrected chi connectivity index (χ0v) is 15.2. The van der Waals surface area contributed by atoms with E-state index in [4.69, 9.17) is 14.8 Å². The predicted octanol–water partition coefficient (Wildman–Crippen LogP) is 1.09. The largest absolute Gasteiger partial charge is 0.392 e. The van der Waals surface area contributed by atoms with Crippen LogP contribution in [0.1, 0.15) is 22.3 Å². The molecule has 2 amide bonds. The minimum atomic E-state index is -0.684. The Morgan fingerprint density at radius 1 is 1.44 bits per heavy atom. The first-order chi connectivity index (χ1) is 13.1. The zero-order valence-electron chi connectivity index (χ0n) is 15.2. The molecule has 0 aromatic heterocycles. The molecule has 0 unspecified atom stereocenters. The Morgan fingerprint density at radius 2 is 2.19 bits per heavy atom. The Balaban J connectivity index is 2.17. The van der Waals surface area contributed by atoms with Gasteiger partial charge in [0.2, 0.25) is 5.91 Å². The topological polar surface area (TPSA) is 104 Å². The molecule has 1 aliphatic heterocycles. The van der Waals surface area contributed by atoms with Crippen molar-refractivity contribution in [2.24, 2.45) is 5.16 Å². The Morgan fingerprint density at radius 3 is 2.81 bits per heavy atom. The van der Waals surface area contributed by atoms with Crippen LogP contribution in [0.2, 0.25) is 0 Å². The van der Waals surface area contributed by atoms with E-state index in [1.807, 2.05) is 6.07 Å². The lowest BCUT2D eigenvalue weighted by molar-refractivity contribution is -0.125. The van der Waals surface area contributed by atoms with Crippen molar-refractivity contribution in [2.75, 3.05) is 33.4 Å². The number of methoxy groups -OCH3 is 1. The van der Waals surface area contributed by atoms with Crippen LogP contribution in [-0.2, 0) is 14.4 Å². The number of nitrogens with zero attached hydrogens (tertiary/aromatic N) is 3. The van der Waals surface area contributed by atoms with Crippen molar-refractivity contribution in [3.63, 3.8) is 0 Å². The number of likely N-dealkylation sites (tertiary alicyclic amines) is 1. The second kappa shape index (κ2) is 10.1. The number of hydrogen-bond donors (Lipinski definition) is 1. The molecule has 142 valence electrons. The number of oxime groups is 1. The number of nitriles is 1. The highest BCUT2D eigenvalue weighted by Gasteiger charge is 2.38. The summed E-state index contributed by atoms with van der Waals surface area (Å²) >= 11 is 0. The normalized spacial score (nSPS) is 17.4. The summed E-state index contributed by atoms with van der Waals surface area (Å²) < 4.78 is 4.93. The fourth-order valence-electron chi connectivity index (χ4n) is 2.65. The molecule has 2 rings (SSSR count). The van der Waals surface area contributed by atoms with Crippen molar-refractivity contribution in [3.05, 3.63) is 48.0 Å². The molecular weight excluding hydrogens is 348 g/mol. The number of nitrogens with one attached hydrogen (secondary N) is 1. The first kappa shape index (κ1) is 20.1. The van der Waals surface area contributed by atoms with E-state index < -0.39 is 6.04 Å². The van der Waals surface area contributed by atoms with E-state index in [0.29, 0.717) is 30.0 Å². The molecule has 27 heavy (non-hydrogen) atoms. The third-order valence-electron chi connectivity index (χ3n) is 3.97. The summed E-state index contributed by atoms with van der Waals surface area (Å²) in [6, 6.07) is 7.61. The Kier molecular flexibility index (Phi) is 7.52. The van der Waals surface area contributed by atoms with Gasteiger partial charge in [-0.1, -0.05) is 17.8 Å². The summed E-state index contributed by atoms with van der Waals surface area (Å²) in [4.78, 5) is 32.0. The summed E-state index contributed by atoms with van der Waals surface area (Å²) in [6.45, 7) is 4.72. The quantitative estimate of drug-likeness (QED) is 0.419. The molecule has 0 bridgehead atoms. The van der Waals surface area contributed by atoms with Crippen LogP contribution in [-0.4, -0.2) is 61.9 Å². The lowest BCUT2D eigenvalue weighted by Crippen LogP contribution is -2.46. The molecule has 0 aliphatic carbocycles. The molecule has 1 fully saturated rings. The zero-order chi connectivity index (χ0) is 19.6. The fraction of sp³-hybridized carbons (Fsp3) is 0.368. The summed E-state index contributed by atoms with van der Waals surface area (Å²) in [5, 5.41) is 15.6. The van der Waals surface area contributed by atoms with Gasteiger partial charge in [0.05, 0.1) is 30.5 Å². The standard InChI is InChI=1S/C19H22N4O4/c1-3-9-27-22-16-11-17(18(24)21-8-10-26-2)23(13-16)19(25)15-6-4-14(12-20)5-7-15/h3-7,17H,1,8-11,13H2,2H3,(H,21,24)/b22-16+/t17-/m0/s1. The van der Waals surface area contributed by atoms with Gasteiger partial charge in [-0.05, 0) is 24.3 Å². The van der Waals surface area contributed by atoms with Gasteiger partial charge in [0, 0.05) is 25.6 Å². The lowest BCUT2D eigenvalue weighted by Gasteiger charge is -2.23. The fourth-order valence-corrected chi connectivity index (χ4v) is 2.65. The molecule has 1 aromatic rings. The van der Waals surface area contributed by atoms with Gasteiger partial charge in [0.1, 0.15) is 12.6 Å². The average Bonchev–Trinajstić information content (AvgIpc) is 3.12. The maximum Gasteiger partial charge on any atom is 0.254 e. The molecule has 1 saturated heterocycles. The van der Waals surface area contributed by atoms with Gasteiger partial charge in [-0.2, -0.15) is 5.26 Å². The number of benzene rings is 1. The lowest BCUT2D eigenvalue weighted by atomic mass is 10.1. The van der Waals surface area contributed by atoms with Crippen LogP contribution in [0.5, 0.6) is 0 Å². The first-order valence-corrected chi connectivity index (χ1v) is 8.47. The highest BCUT2D eigenvalue weighted by atomic mass is 16.6. The summed E-state index contributed by atoms with van der Waals surface area (Å²) in [5.41, 5.74) is 1.46. The molecule has 8 heteroatoms. The Hall–Kier alpha value is -3.18. The molecule has 1 heterocycles. The predicted molar refractivity (Wildman–Crippen MR) is 99.1 cm³/mol. The minimum Gasteiger partial charge on any atom is -0.392 e. The van der Waals surface area contributed by atoms with Gasteiger partial charge >= 0.3 is 0 Å². The molecule has 1 N–H and O–H groups in total. The number of amides is 2. The maximum absolute atomic E-state index is 12.9. The summed E-state index contributed by atoms with van der Waals surface area (Å²) in [5.74, 6) is -0.580. The smallest absolute Gasteiger partial charge is 0.254 e. The molecular formula is C19H22N4O4. The van der Waals surface area contributed by atoms with Crippen molar-refractivity contribution in [1.29, 1.82) is 5.26 Å². The van der Waals surface area contributed by atoms with Gasteiger partial charge in [0.15, 0.2) is 0 Å². The molecule has 0 radical (unpaired) electrons. The highest BCUT2D eigenvalue weighted by molar-refractivity contribution is 6.05. The van der Waals surface area contributed by atoms with Gasteiger partial charge in [0.25, 0.3) is 5.91 Å². The van der Waals surface area contributed by atoms with Crippen LogP contribution in [0, 0.1) is 11.3 Å². The van der Waals surface area contributed by atoms with Gasteiger partial charge in [-0.3, -0.25) is 9.59 Å². The highest BCUT2D eigenvalue weighted by Crippen LogP contribution is 2.20. The monoisotopic (exact) mass is 370 g/mol. The van der Waals surface area contributed by atoms with E-state index in [2.05, 4.69) is 17.1 Å². The number of carbonyl (C=O) groups excluding carboxylic acids is 2. The van der Waals surface area contributed by atoms with E-state index in [1.54, 1.807) is 37.5 Å². The third-order valence-corrected chi connectivity index (χ3v) is 3.97. The second-order valence-corrected chi connectivity index (χ2v) is 5.87. The number of hydrogen-bond acceptors (Lipinski definition) is 6. The van der Waals surface area contributed by atoms with Crippen LogP contribution in [0.25, 0.3) is 0 Å². The van der Waals surface area contributed by atoms with Gasteiger partial charge in [-0.15, -0.1) is 0 Å². The summed E-state index contributed by atoms with van der Waals surface area (Å²) in [7, 11) is 1.55. The average molecular weight is 370 g/mol. The third kappa shape index (κ3) is 5.39. The molecule has 1 aliphatic rings. The number of ether oxygens (including phenoxy) is 1. The van der Waals surface area contributed by atoms with Crippen molar-refractivity contribution >= 4 is 17.5 Å². The number of carbonyl (C=O) groups is 2. The molecule has 0 spiro atoms. The maximum atomic E-state index is 12.9. The van der Waals surface area contributed by atoms with Crippen LogP contribution >= 0.6 is 0 Å². The van der Waals surface area contributed by atoms with Crippen LogP contribution in [0.15, 0.2) is 42.1 Å². The van der Waals surface area contributed by atoms with Crippen LogP contribution in [0.3, 0.4) is 0 Å². The Bertz CT molecular complexity index is 752. The van der Waals surface area contributed by atoms with Crippen molar-refractivity contribution in [1.82, 2.24) is 10.2 Å².